The maximum atomic E-state index is 13.8. The molecule has 1 aliphatic rings. The van der Waals surface area contributed by atoms with Gasteiger partial charge in [-0.15, -0.1) is 0 Å². The Bertz CT molecular complexity index is 774. The van der Waals surface area contributed by atoms with Crippen molar-refractivity contribution in [3.8, 4) is 5.75 Å². The summed E-state index contributed by atoms with van der Waals surface area (Å²) in [6, 6.07) is 11.6. The van der Waals surface area contributed by atoms with Crippen LogP contribution in [0.25, 0.3) is 0 Å². The molecule has 0 saturated heterocycles. The van der Waals surface area contributed by atoms with Crippen molar-refractivity contribution >= 4 is 5.90 Å². The van der Waals surface area contributed by atoms with Gasteiger partial charge in [-0.3, -0.25) is 0 Å². The lowest BCUT2D eigenvalue weighted by Crippen LogP contribution is -2.12. The van der Waals surface area contributed by atoms with E-state index in [2.05, 4.69) is 37.9 Å². The fourth-order valence-electron chi connectivity index (χ4n) is 2.77. The molecule has 0 bridgehead atoms. The van der Waals surface area contributed by atoms with Gasteiger partial charge in [0, 0.05) is 6.42 Å². The number of halogens is 2. The highest BCUT2D eigenvalue weighted by atomic mass is 19.1. The summed E-state index contributed by atoms with van der Waals surface area (Å²) < 4.78 is 38.7. The fourth-order valence-corrected chi connectivity index (χ4v) is 2.77. The Kier molecular flexibility index (Phi) is 5.25. The molecule has 3 rings (SSSR count). The Balaban J connectivity index is 1.56. The zero-order valence-electron chi connectivity index (χ0n) is 15.3. The highest BCUT2D eigenvalue weighted by Gasteiger charge is 2.25. The number of aliphatic imine (C=N–C) groups is 1. The van der Waals surface area contributed by atoms with Gasteiger partial charge in [-0.1, -0.05) is 39.0 Å². The molecular formula is C21H23F2NO2. The molecule has 5 heteroatoms. The Morgan fingerprint density at radius 2 is 1.73 bits per heavy atom. The third kappa shape index (κ3) is 4.21. The summed E-state index contributed by atoms with van der Waals surface area (Å²) in [5, 5.41) is 0. The fraction of sp³-hybridized carbons (Fsp3) is 0.381. The zero-order chi connectivity index (χ0) is 18.7. The van der Waals surface area contributed by atoms with Crippen molar-refractivity contribution in [2.75, 3.05) is 13.2 Å². The molecule has 1 unspecified atom stereocenters. The predicted molar refractivity (Wildman–Crippen MR) is 97.9 cm³/mol. The molecule has 0 amide bonds. The standard InChI is InChI=1S/C21H23F2NO2/c1-21(2,3)14-7-9-16(10-8-14)25-12-11-15-13-26-20(24-15)19-17(22)5-4-6-18(19)23/h4-10,15H,11-13H2,1-3H3. The van der Waals surface area contributed by atoms with Crippen molar-refractivity contribution in [1.29, 1.82) is 0 Å². The first-order chi connectivity index (χ1) is 12.3. The van der Waals surface area contributed by atoms with Crippen LogP contribution in [0.4, 0.5) is 8.78 Å². The quantitative estimate of drug-likeness (QED) is 0.762. The normalized spacial score (nSPS) is 17.0. The van der Waals surface area contributed by atoms with Gasteiger partial charge >= 0.3 is 0 Å². The summed E-state index contributed by atoms with van der Waals surface area (Å²) in [6.45, 7) is 7.25. The first-order valence-corrected chi connectivity index (χ1v) is 8.73. The minimum atomic E-state index is -0.667. The first-order valence-electron chi connectivity index (χ1n) is 8.73. The maximum Gasteiger partial charge on any atom is 0.222 e. The molecule has 2 aromatic carbocycles. The van der Waals surface area contributed by atoms with Gasteiger partial charge in [0.1, 0.15) is 29.6 Å². The van der Waals surface area contributed by atoms with Crippen molar-refractivity contribution in [1.82, 2.24) is 0 Å². The van der Waals surface area contributed by atoms with Gasteiger partial charge in [-0.05, 0) is 35.2 Å². The van der Waals surface area contributed by atoms with Crippen LogP contribution in [-0.2, 0) is 10.2 Å². The third-order valence-electron chi connectivity index (χ3n) is 4.33. The van der Waals surface area contributed by atoms with Crippen LogP contribution in [0.2, 0.25) is 0 Å². The molecule has 0 fully saturated rings. The first kappa shape index (κ1) is 18.4. The molecule has 0 radical (unpaired) electrons. The van der Waals surface area contributed by atoms with Crippen LogP contribution in [0.3, 0.4) is 0 Å². The van der Waals surface area contributed by atoms with E-state index in [-0.39, 0.29) is 22.9 Å². The number of ether oxygens (including phenoxy) is 2. The number of rotatable bonds is 5. The summed E-state index contributed by atoms with van der Waals surface area (Å²) >= 11 is 0. The van der Waals surface area contributed by atoms with E-state index < -0.39 is 11.6 Å². The van der Waals surface area contributed by atoms with Crippen LogP contribution in [0.5, 0.6) is 5.75 Å². The van der Waals surface area contributed by atoms with E-state index in [1.165, 1.54) is 23.8 Å². The molecule has 3 nitrogen and oxygen atoms in total. The summed E-state index contributed by atoms with van der Waals surface area (Å²) in [4.78, 5) is 4.29. The van der Waals surface area contributed by atoms with E-state index in [1.807, 2.05) is 12.1 Å². The SMILES string of the molecule is CC(C)(C)c1ccc(OCCC2COC(c3c(F)cccc3F)=N2)cc1. The molecule has 138 valence electrons. The van der Waals surface area contributed by atoms with E-state index in [4.69, 9.17) is 9.47 Å². The number of hydrogen-bond acceptors (Lipinski definition) is 3. The van der Waals surface area contributed by atoms with E-state index in [9.17, 15) is 8.78 Å². The molecule has 0 aromatic heterocycles. The molecule has 0 saturated carbocycles. The Labute approximate surface area is 152 Å². The number of hydrogen-bond donors (Lipinski definition) is 0. The average molecular weight is 359 g/mol. The molecule has 0 aliphatic carbocycles. The molecule has 1 aliphatic heterocycles. The molecule has 1 heterocycles. The van der Waals surface area contributed by atoms with Crippen LogP contribution in [0, 0.1) is 11.6 Å². The maximum absolute atomic E-state index is 13.8. The Hall–Kier alpha value is -2.43. The Morgan fingerprint density at radius 3 is 2.35 bits per heavy atom. The van der Waals surface area contributed by atoms with Crippen LogP contribution in [-0.4, -0.2) is 25.2 Å². The molecule has 2 aromatic rings. The minimum Gasteiger partial charge on any atom is -0.494 e. The lowest BCUT2D eigenvalue weighted by molar-refractivity contribution is 0.264. The lowest BCUT2D eigenvalue weighted by Gasteiger charge is -2.19. The summed E-state index contributed by atoms with van der Waals surface area (Å²) in [6.07, 6.45) is 0.612. The van der Waals surface area contributed by atoms with E-state index in [0.29, 0.717) is 19.6 Å². The van der Waals surface area contributed by atoms with Crippen LogP contribution in [0.15, 0.2) is 47.5 Å². The molecule has 0 N–H and O–H groups in total. The molecule has 0 spiro atoms. The average Bonchev–Trinajstić information content (AvgIpc) is 3.03. The second kappa shape index (κ2) is 7.44. The van der Waals surface area contributed by atoms with E-state index >= 15 is 0 Å². The van der Waals surface area contributed by atoms with Crippen molar-refractivity contribution in [3.63, 3.8) is 0 Å². The number of benzene rings is 2. The summed E-state index contributed by atoms with van der Waals surface area (Å²) in [5.41, 5.74) is 1.15. The van der Waals surface area contributed by atoms with Crippen molar-refractivity contribution in [3.05, 3.63) is 65.2 Å². The zero-order valence-corrected chi connectivity index (χ0v) is 15.3. The van der Waals surface area contributed by atoms with Gasteiger partial charge in [0.2, 0.25) is 5.90 Å². The summed E-state index contributed by atoms with van der Waals surface area (Å²) in [5.74, 6) is -0.513. The third-order valence-corrected chi connectivity index (χ3v) is 4.33. The topological polar surface area (TPSA) is 30.8 Å². The van der Waals surface area contributed by atoms with Gasteiger partial charge in [0.05, 0.1) is 12.6 Å². The van der Waals surface area contributed by atoms with Gasteiger partial charge in [0.25, 0.3) is 0 Å². The largest absolute Gasteiger partial charge is 0.494 e. The molecule has 1 atom stereocenters. The van der Waals surface area contributed by atoms with Gasteiger partial charge in [-0.25, -0.2) is 13.8 Å². The minimum absolute atomic E-state index is 0.0279. The monoisotopic (exact) mass is 359 g/mol. The lowest BCUT2D eigenvalue weighted by atomic mass is 9.87. The smallest absolute Gasteiger partial charge is 0.222 e. The highest BCUT2D eigenvalue weighted by Crippen LogP contribution is 2.25. The van der Waals surface area contributed by atoms with Gasteiger partial charge in [0.15, 0.2) is 0 Å². The van der Waals surface area contributed by atoms with Crippen LogP contribution < -0.4 is 4.74 Å². The second-order valence-corrected chi connectivity index (χ2v) is 7.41. The molecule has 26 heavy (non-hydrogen) atoms. The Morgan fingerprint density at radius 1 is 1.08 bits per heavy atom. The number of nitrogens with zero attached hydrogens (tertiary/aromatic N) is 1. The highest BCUT2D eigenvalue weighted by molar-refractivity contribution is 5.95. The van der Waals surface area contributed by atoms with Gasteiger partial charge in [-0.2, -0.15) is 0 Å². The van der Waals surface area contributed by atoms with E-state index in [0.717, 1.165) is 5.75 Å². The van der Waals surface area contributed by atoms with Crippen LogP contribution in [0.1, 0.15) is 38.3 Å². The second-order valence-electron chi connectivity index (χ2n) is 7.41. The van der Waals surface area contributed by atoms with Crippen molar-refractivity contribution in [2.24, 2.45) is 4.99 Å². The van der Waals surface area contributed by atoms with E-state index in [1.54, 1.807) is 0 Å². The van der Waals surface area contributed by atoms with Crippen molar-refractivity contribution in [2.45, 2.75) is 38.6 Å². The van der Waals surface area contributed by atoms with Crippen LogP contribution >= 0.6 is 0 Å². The predicted octanol–water partition coefficient (Wildman–Crippen LogP) is 4.88. The molecular weight excluding hydrogens is 336 g/mol. The van der Waals surface area contributed by atoms with Gasteiger partial charge < -0.3 is 9.47 Å². The van der Waals surface area contributed by atoms with Crippen molar-refractivity contribution < 1.29 is 18.3 Å². The summed E-state index contributed by atoms with van der Waals surface area (Å²) in [7, 11) is 0.